The minimum atomic E-state index is -0.305. The summed E-state index contributed by atoms with van der Waals surface area (Å²) in [5.41, 5.74) is 0.932. The third-order valence-corrected chi connectivity index (χ3v) is 3.97. The number of carbonyl (C=O) groups is 1. The molecule has 1 aliphatic heterocycles. The van der Waals surface area contributed by atoms with Crippen LogP contribution in [0.2, 0.25) is 5.02 Å². The Hall–Kier alpha value is -2.34. The fourth-order valence-electron chi connectivity index (χ4n) is 2.50. The second kappa shape index (κ2) is 6.42. The average molecular weight is 334 g/mol. The quantitative estimate of drug-likeness (QED) is 0.862. The smallest absolute Gasteiger partial charge is 0.235 e. The molecule has 7 heteroatoms. The van der Waals surface area contributed by atoms with Crippen LogP contribution >= 0.6 is 11.6 Å². The Morgan fingerprint density at radius 3 is 3.04 bits per heavy atom. The molecule has 23 heavy (non-hydrogen) atoms. The molecule has 0 saturated carbocycles. The first-order valence-electron chi connectivity index (χ1n) is 7.14. The number of anilines is 1. The number of aromatic nitrogens is 2. The number of amides is 1. The van der Waals surface area contributed by atoms with Gasteiger partial charge < -0.3 is 9.47 Å². The van der Waals surface area contributed by atoms with E-state index in [9.17, 15) is 4.79 Å². The van der Waals surface area contributed by atoms with Crippen molar-refractivity contribution in [3.8, 4) is 11.6 Å². The molecule has 1 aromatic heterocycles. The first-order valence-corrected chi connectivity index (χ1v) is 7.52. The molecule has 0 aliphatic carbocycles. The molecule has 0 fully saturated rings. The van der Waals surface area contributed by atoms with Crippen LogP contribution in [-0.4, -0.2) is 36.6 Å². The molecule has 3 rings (SSSR count). The van der Waals surface area contributed by atoms with Crippen molar-refractivity contribution < 1.29 is 14.3 Å². The van der Waals surface area contributed by atoms with Gasteiger partial charge in [-0.1, -0.05) is 11.6 Å². The number of hydrogen-bond acceptors (Lipinski definition) is 5. The molecule has 1 aromatic carbocycles. The maximum atomic E-state index is 12.7. The van der Waals surface area contributed by atoms with Crippen molar-refractivity contribution in [2.75, 3.05) is 25.7 Å². The lowest BCUT2D eigenvalue weighted by Gasteiger charge is -2.27. The highest BCUT2D eigenvalue weighted by Gasteiger charge is 2.30. The Morgan fingerprint density at radius 2 is 2.26 bits per heavy atom. The zero-order chi connectivity index (χ0) is 16.4. The molecule has 1 atom stereocenters. The van der Waals surface area contributed by atoms with E-state index in [1.807, 2.05) is 12.1 Å². The van der Waals surface area contributed by atoms with E-state index >= 15 is 0 Å². The number of fused-ring (bicyclic) bond motifs is 1. The predicted octanol–water partition coefficient (Wildman–Crippen LogP) is 2.35. The van der Waals surface area contributed by atoms with Gasteiger partial charge in [0.15, 0.2) is 0 Å². The monoisotopic (exact) mass is 333 g/mol. The number of halogens is 1. The SMILES string of the molecule is COc1ccnc(N(C)C(=O)C2COc3ccc(Cl)cc3C2)n1. The van der Waals surface area contributed by atoms with E-state index in [0.29, 0.717) is 29.9 Å². The molecule has 0 N–H and O–H groups in total. The van der Waals surface area contributed by atoms with Crippen LogP contribution in [0.5, 0.6) is 11.6 Å². The molecule has 1 unspecified atom stereocenters. The van der Waals surface area contributed by atoms with Gasteiger partial charge in [-0.2, -0.15) is 4.98 Å². The number of benzene rings is 1. The van der Waals surface area contributed by atoms with Crippen LogP contribution in [0.25, 0.3) is 0 Å². The highest BCUT2D eigenvalue weighted by Crippen LogP contribution is 2.30. The number of rotatable bonds is 3. The van der Waals surface area contributed by atoms with Crippen LogP contribution in [-0.2, 0) is 11.2 Å². The molecule has 6 nitrogen and oxygen atoms in total. The highest BCUT2D eigenvalue weighted by atomic mass is 35.5. The lowest BCUT2D eigenvalue weighted by molar-refractivity contribution is -0.123. The van der Waals surface area contributed by atoms with Crippen molar-refractivity contribution in [2.24, 2.45) is 5.92 Å². The molecule has 0 radical (unpaired) electrons. The van der Waals surface area contributed by atoms with Gasteiger partial charge in [0.1, 0.15) is 12.4 Å². The maximum absolute atomic E-state index is 12.7. The van der Waals surface area contributed by atoms with Crippen LogP contribution in [0.4, 0.5) is 5.95 Å². The summed E-state index contributed by atoms with van der Waals surface area (Å²) < 4.78 is 10.7. The van der Waals surface area contributed by atoms with Gasteiger partial charge >= 0.3 is 0 Å². The Bertz CT molecular complexity index is 738. The van der Waals surface area contributed by atoms with Crippen LogP contribution in [0.15, 0.2) is 30.5 Å². The fourth-order valence-corrected chi connectivity index (χ4v) is 2.70. The molecule has 1 amide bonds. The van der Waals surface area contributed by atoms with Crippen molar-refractivity contribution in [3.05, 3.63) is 41.0 Å². The summed E-state index contributed by atoms with van der Waals surface area (Å²) in [4.78, 5) is 22.4. The van der Waals surface area contributed by atoms with E-state index < -0.39 is 0 Å². The Morgan fingerprint density at radius 1 is 1.43 bits per heavy atom. The maximum Gasteiger partial charge on any atom is 0.235 e. The molecule has 0 bridgehead atoms. The second-order valence-electron chi connectivity index (χ2n) is 5.26. The van der Waals surface area contributed by atoms with Gasteiger partial charge in [0.05, 0.1) is 13.0 Å². The standard InChI is InChI=1S/C16H16ClN3O3/c1-20(16-18-6-5-14(19-16)22-2)15(21)11-7-10-8-12(17)3-4-13(10)23-9-11/h3-6,8,11H,7,9H2,1-2H3. The summed E-state index contributed by atoms with van der Waals surface area (Å²) in [6, 6.07) is 7.06. The van der Waals surface area contributed by atoms with Crippen molar-refractivity contribution in [3.63, 3.8) is 0 Å². The lowest BCUT2D eigenvalue weighted by atomic mass is 9.95. The van der Waals surface area contributed by atoms with Gasteiger partial charge in [0.25, 0.3) is 0 Å². The zero-order valence-electron chi connectivity index (χ0n) is 12.8. The predicted molar refractivity (Wildman–Crippen MR) is 86.1 cm³/mol. The van der Waals surface area contributed by atoms with Gasteiger partial charge in [-0.3, -0.25) is 9.69 Å². The topological polar surface area (TPSA) is 64.5 Å². The lowest BCUT2D eigenvalue weighted by Crippen LogP contribution is -2.39. The third-order valence-electron chi connectivity index (χ3n) is 3.74. The Labute approximate surface area is 139 Å². The minimum Gasteiger partial charge on any atom is -0.492 e. The zero-order valence-corrected chi connectivity index (χ0v) is 13.6. The summed E-state index contributed by atoms with van der Waals surface area (Å²) in [6.07, 6.45) is 2.13. The molecular formula is C16H16ClN3O3. The number of hydrogen-bond donors (Lipinski definition) is 0. The van der Waals surface area contributed by atoms with Gasteiger partial charge in [-0.15, -0.1) is 0 Å². The van der Waals surface area contributed by atoms with Crippen LogP contribution in [0, 0.1) is 5.92 Å². The molecule has 120 valence electrons. The van der Waals surface area contributed by atoms with E-state index in [2.05, 4.69) is 9.97 Å². The largest absolute Gasteiger partial charge is 0.492 e. The molecular weight excluding hydrogens is 318 g/mol. The van der Waals surface area contributed by atoms with Gasteiger partial charge in [0.2, 0.25) is 17.7 Å². The Kier molecular flexibility index (Phi) is 4.34. The fraction of sp³-hybridized carbons (Fsp3) is 0.312. The van der Waals surface area contributed by atoms with Crippen molar-refractivity contribution >= 4 is 23.5 Å². The van der Waals surface area contributed by atoms with Gasteiger partial charge in [-0.05, 0) is 30.2 Å². The molecule has 1 aliphatic rings. The highest BCUT2D eigenvalue weighted by molar-refractivity contribution is 6.30. The summed E-state index contributed by atoms with van der Waals surface area (Å²) in [6.45, 7) is 0.321. The first-order chi connectivity index (χ1) is 11.1. The number of ether oxygens (including phenoxy) is 2. The normalized spacial score (nSPS) is 16.2. The third kappa shape index (κ3) is 3.22. The van der Waals surface area contributed by atoms with Gasteiger partial charge in [0, 0.05) is 24.3 Å². The molecule has 2 aromatic rings. The van der Waals surface area contributed by atoms with Gasteiger partial charge in [-0.25, -0.2) is 4.98 Å². The first kappa shape index (κ1) is 15.6. The van der Waals surface area contributed by atoms with Crippen molar-refractivity contribution in [1.82, 2.24) is 9.97 Å². The second-order valence-corrected chi connectivity index (χ2v) is 5.70. The average Bonchev–Trinajstić information content (AvgIpc) is 2.59. The van der Waals surface area contributed by atoms with Crippen LogP contribution in [0.3, 0.4) is 0 Å². The molecule has 0 saturated heterocycles. The van der Waals surface area contributed by atoms with E-state index in [1.54, 1.807) is 25.4 Å². The molecule has 2 heterocycles. The van der Waals surface area contributed by atoms with E-state index in [1.165, 1.54) is 12.0 Å². The number of methoxy groups -OCH3 is 1. The Balaban J connectivity index is 1.78. The minimum absolute atomic E-state index is 0.108. The van der Waals surface area contributed by atoms with E-state index in [-0.39, 0.29) is 11.8 Å². The van der Waals surface area contributed by atoms with Crippen LogP contribution < -0.4 is 14.4 Å². The summed E-state index contributed by atoms with van der Waals surface area (Å²) in [5.74, 6) is 1.07. The van der Waals surface area contributed by atoms with E-state index in [0.717, 1.165) is 11.3 Å². The number of nitrogens with zero attached hydrogens (tertiary/aromatic N) is 3. The molecule has 0 spiro atoms. The summed E-state index contributed by atoms with van der Waals surface area (Å²) >= 11 is 6.01. The summed E-state index contributed by atoms with van der Waals surface area (Å²) in [5, 5.41) is 0.630. The van der Waals surface area contributed by atoms with Crippen molar-refractivity contribution in [2.45, 2.75) is 6.42 Å². The number of carbonyl (C=O) groups excluding carboxylic acids is 1. The van der Waals surface area contributed by atoms with E-state index in [4.69, 9.17) is 21.1 Å². The summed E-state index contributed by atoms with van der Waals surface area (Å²) in [7, 11) is 3.16. The van der Waals surface area contributed by atoms with Crippen LogP contribution in [0.1, 0.15) is 5.56 Å². The van der Waals surface area contributed by atoms with Crippen molar-refractivity contribution in [1.29, 1.82) is 0 Å².